The summed E-state index contributed by atoms with van der Waals surface area (Å²) < 4.78 is 45.0. The van der Waals surface area contributed by atoms with Crippen LogP contribution in [0.4, 0.5) is 19.0 Å². The highest BCUT2D eigenvalue weighted by Gasteiger charge is 2.35. The van der Waals surface area contributed by atoms with Crippen molar-refractivity contribution >= 4 is 11.7 Å². The first-order chi connectivity index (χ1) is 13.9. The van der Waals surface area contributed by atoms with Gasteiger partial charge in [0.15, 0.2) is 11.5 Å². The Kier molecular flexibility index (Phi) is 5.29. The molecule has 0 radical (unpaired) electrons. The van der Waals surface area contributed by atoms with Crippen molar-refractivity contribution in [3.05, 3.63) is 47.7 Å². The van der Waals surface area contributed by atoms with Crippen molar-refractivity contribution in [2.24, 2.45) is 0 Å². The molecule has 9 heteroatoms. The number of halogens is 3. The van der Waals surface area contributed by atoms with E-state index in [0.717, 1.165) is 18.9 Å². The van der Waals surface area contributed by atoms with E-state index >= 15 is 0 Å². The lowest BCUT2D eigenvalue weighted by Gasteiger charge is -2.33. The van der Waals surface area contributed by atoms with Gasteiger partial charge in [-0.05, 0) is 37.1 Å². The summed E-state index contributed by atoms with van der Waals surface area (Å²) in [7, 11) is 0. The van der Waals surface area contributed by atoms with Crippen molar-refractivity contribution in [3.63, 3.8) is 0 Å². The van der Waals surface area contributed by atoms with Crippen LogP contribution >= 0.6 is 0 Å². The summed E-state index contributed by atoms with van der Waals surface area (Å²) in [6.07, 6.45) is -1.61. The van der Waals surface area contributed by atoms with Crippen molar-refractivity contribution in [2.45, 2.75) is 44.0 Å². The van der Waals surface area contributed by atoms with Crippen LogP contribution in [0.25, 0.3) is 0 Å². The summed E-state index contributed by atoms with van der Waals surface area (Å²) in [6.45, 7) is 1.17. The lowest BCUT2D eigenvalue weighted by molar-refractivity contribution is -0.139. The van der Waals surface area contributed by atoms with Crippen LogP contribution < -0.4 is 15.0 Å². The van der Waals surface area contributed by atoms with Gasteiger partial charge in [0, 0.05) is 32.0 Å². The van der Waals surface area contributed by atoms with E-state index < -0.39 is 11.7 Å². The lowest BCUT2D eigenvalue weighted by Crippen LogP contribution is -2.39. The maximum absolute atomic E-state index is 13.1. The molecule has 1 saturated carbocycles. The Hall–Kier alpha value is -2.84. The first-order valence-electron chi connectivity index (χ1n) is 9.62. The van der Waals surface area contributed by atoms with Crippen LogP contribution in [-0.2, 0) is 6.18 Å². The van der Waals surface area contributed by atoms with E-state index in [0.29, 0.717) is 31.7 Å². The molecule has 0 bridgehead atoms. The number of benzene rings is 1. The average molecular weight is 406 g/mol. The van der Waals surface area contributed by atoms with Gasteiger partial charge >= 0.3 is 6.18 Å². The number of piperidine rings is 1. The van der Waals surface area contributed by atoms with Gasteiger partial charge in [-0.15, -0.1) is 10.2 Å². The highest BCUT2D eigenvalue weighted by Crippen LogP contribution is 2.37. The monoisotopic (exact) mass is 406 g/mol. The highest BCUT2D eigenvalue weighted by atomic mass is 19.4. The van der Waals surface area contributed by atoms with Crippen molar-refractivity contribution < 1.29 is 22.7 Å². The van der Waals surface area contributed by atoms with Gasteiger partial charge < -0.3 is 15.0 Å². The molecule has 2 heterocycles. The second kappa shape index (κ2) is 7.88. The normalized spacial score (nSPS) is 17.8. The van der Waals surface area contributed by atoms with Gasteiger partial charge in [0.25, 0.3) is 5.91 Å². The summed E-state index contributed by atoms with van der Waals surface area (Å²) in [5.74, 6) is 0.286. The van der Waals surface area contributed by atoms with E-state index in [1.165, 1.54) is 18.2 Å². The predicted molar refractivity (Wildman–Crippen MR) is 99.8 cm³/mol. The third-order valence-corrected chi connectivity index (χ3v) is 5.05. The molecule has 2 aliphatic rings. The smallest absolute Gasteiger partial charge is 0.419 e. The standard InChI is InChI=1S/C20H21F3N4O2/c21-20(22,23)15-3-1-2-4-17(15)29-14-9-11-27(12-10-14)18-8-7-16(25-26-18)19(28)24-13-5-6-13/h1-4,7-8,13-14H,5-6,9-12H2,(H,24,28). The third-order valence-electron chi connectivity index (χ3n) is 5.05. The summed E-state index contributed by atoms with van der Waals surface area (Å²) in [5.41, 5.74) is -0.476. The molecule has 0 atom stereocenters. The molecular formula is C20H21F3N4O2. The van der Waals surface area contributed by atoms with Gasteiger partial charge in [-0.1, -0.05) is 12.1 Å². The molecule has 0 unspecified atom stereocenters. The van der Waals surface area contributed by atoms with Crippen molar-refractivity contribution in [2.75, 3.05) is 18.0 Å². The molecule has 154 valence electrons. The fourth-order valence-electron chi connectivity index (χ4n) is 3.29. The van der Waals surface area contributed by atoms with Gasteiger partial charge in [-0.3, -0.25) is 4.79 Å². The van der Waals surface area contributed by atoms with Gasteiger partial charge in [0.2, 0.25) is 0 Å². The predicted octanol–water partition coefficient (Wildman–Crippen LogP) is 3.44. The molecule has 2 aromatic rings. The van der Waals surface area contributed by atoms with Crippen LogP contribution in [0.2, 0.25) is 0 Å². The number of amides is 1. The summed E-state index contributed by atoms with van der Waals surface area (Å²) in [4.78, 5) is 14.0. The number of hydrogen-bond acceptors (Lipinski definition) is 5. The molecule has 1 aliphatic carbocycles. The van der Waals surface area contributed by atoms with Crippen LogP contribution in [-0.4, -0.2) is 41.3 Å². The van der Waals surface area contributed by atoms with E-state index in [-0.39, 0.29) is 29.5 Å². The molecule has 0 spiro atoms. The fourth-order valence-corrected chi connectivity index (χ4v) is 3.29. The van der Waals surface area contributed by atoms with E-state index in [2.05, 4.69) is 15.5 Å². The minimum atomic E-state index is -4.44. The molecule has 4 rings (SSSR count). The lowest BCUT2D eigenvalue weighted by atomic mass is 10.1. The zero-order valence-corrected chi connectivity index (χ0v) is 15.7. The molecular weight excluding hydrogens is 385 g/mol. The van der Waals surface area contributed by atoms with Crippen molar-refractivity contribution in [3.8, 4) is 5.75 Å². The third kappa shape index (κ3) is 4.78. The van der Waals surface area contributed by atoms with E-state index in [4.69, 9.17) is 4.74 Å². The zero-order chi connectivity index (χ0) is 20.4. The number of carbonyl (C=O) groups is 1. The number of nitrogens with one attached hydrogen (secondary N) is 1. The van der Waals surface area contributed by atoms with Crippen LogP contribution in [0, 0.1) is 0 Å². The number of ether oxygens (including phenoxy) is 1. The number of aromatic nitrogens is 2. The Morgan fingerprint density at radius 1 is 1.03 bits per heavy atom. The Morgan fingerprint density at radius 2 is 1.76 bits per heavy atom. The first-order valence-corrected chi connectivity index (χ1v) is 9.62. The summed E-state index contributed by atoms with van der Waals surface area (Å²) in [6, 6.07) is 8.91. The second-order valence-electron chi connectivity index (χ2n) is 7.32. The topological polar surface area (TPSA) is 67.4 Å². The first kappa shape index (κ1) is 19.5. The fraction of sp³-hybridized carbons (Fsp3) is 0.450. The Labute approximate surface area is 166 Å². The minimum absolute atomic E-state index is 0.135. The maximum atomic E-state index is 13.1. The van der Waals surface area contributed by atoms with Crippen molar-refractivity contribution in [1.29, 1.82) is 0 Å². The van der Waals surface area contributed by atoms with Gasteiger partial charge in [-0.2, -0.15) is 13.2 Å². The Morgan fingerprint density at radius 3 is 2.38 bits per heavy atom. The molecule has 2 fully saturated rings. The van der Waals surface area contributed by atoms with Crippen LogP contribution in [0.15, 0.2) is 36.4 Å². The molecule has 6 nitrogen and oxygen atoms in total. The van der Waals surface area contributed by atoms with Crippen LogP contribution in [0.1, 0.15) is 41.7 Å². The van der Waals surface area contributed by atoms with Gasteiger partial charge in [-0.25, -0.2) is 0 Å². The molecule has 1 aliphatic heterocycles. The maximum Gasteiger partial charge on any atom is 0.419 e. The molecule has 1 amide bonds. The second-order valence-corrected chi connectivity index (χ2v) is 7.32. The zero-order valence-electron chi connectivity index (χ0n) is 15.7. The van der Waals surface area contributed by atoms with Crippen LogP contribution in [0.5, 0.6) is 5.75 Å². The molecule has 1 aromatic carbocycles. The number of alkyl halides is 3. The van der Waals surface area contributed by atoms with Crippen LogP contribution in [0.3, 0.4) is 0 Å². The Balaban J connectivity index is 1.33. The number of nitrogens with zero attached hydrogens (tertiary/aromatic N) is 3. The van der Waals surface area contributed by atoms with Gasteiger partial charge in [0.05, 0.1) is 5.56 Å². The molecule has 1 saturated heterocycles. The molecule has 1 aromatic heterocycles. The number of para-hydroxylation sites is 1. The molecule has 29 heavy (non-hydrogen) atoms. The minimum Gasteiger partial charge on any atom is -0.490 e. The summed E-state index contributed by atoms with van der Waals surface area (Å²) >= 11 is 0. The number of rotatable bonds is 5. The highest BCUT2D eigenvalue weighted by molar-refractivity contribution is 5.92. The van der Waals surface area contributed by atoms with E-state index in [1.807, 2.05) is 4.90 Å². The average Bonchev–Trinajstić information content (AvgIpc) is 3.52. The largest absolute Gasteiger partial charge is 0.490 e. The number of anilines is 1. The SMILES string of the molecule is O=C(NC1CC1)c1ccc(N2CCC(Oc3ccccc3C(F)(F)F)CC2)nn1. The van der Waals surface area contributed by atoms with E-state index in [9.17, 15) is 18.0 Å². The summed E-state index contributed by atoms with van der Waals surface area (Å²) in [5, 5.41) is 11.0. The van der Waals surface area contributed by atoms with E-state index in [1.54, 1.807) is 12.1 Å². The van der Waals surface area contributed by atoms with Gasteiger partial charge in [0.1, 0.15) is 11.9 Å². The Bertz CT molecular complexity index is 861. The number of carbonyl (C=O) groups excluding carboxylic acids is 1. The quantitative estimate of drug-likeness (QED) is 0.824. The van der Waals surface area contributed by atoms with Crippen molar-refractivity contribution in [1.82, 2.24) is 15.5 Å². The number of hydrogen-bond donors (Lipinski definition) is 1. The molecule has 1 N–H and O–H groups in total.